The van der Waals surface area contributed by atoms with Gasteiger partial charge in [-0.25, -0.2) is 4.98 Å². The van der Waals surface area contributed by atoms with Crippen molar-refractivity contribution in [2.24, 2.45) is 0 Å². The summed E-state index contributed by atoms with van der Waals surface area (Å²) in [6.45, 7) is 4.22. The van der Waals surface area contributed by atoms with Crippen molar-refractivity contribution in [3.63, 3.8) is 0 Å². The van der Waals surface area contributed by atoms with Crippen LogP contribution in [0.5, 0.6) is 0 Å². The molecule has 0 spiro atoms. The van der Waals surface area contributed by atoms with Gasteiger partial charge >= 0.3 is 0 Å². The second-order valence-electron chi connectivity index (χ2n) is 4.76. The van der Waals surface area contributed by atoms with Gasteiger partial charge in [-0.15, -0.1) is 0 Å². The van der Waals surface area contributed by atoms with Crippen molar-refractivity contribution in [2.45, 2.75) is 32.2 Å². The minimum atomic E-state index is 0.611. The fourth-order valence-corrected chi connectivity index (χ4v) is 2.47. The Hall–Kier alpha value is -0.610. The minimum absolute atomic E-state index is 0.611. The summed E-state index contributed by atoms with van der Waals surface area (Å²) >= 11 is 3.48. The predicted molar refractivity (Wildman–Crippen MR) is 75.6 cm³/mol. The van der Waals surface area contributed by atoms with Crippen molar-refractivity contribution < 1.29 is 0 Å². The molecule has 4 heteroatoms. The molecule has 1 atom stereocenters. The summed E-state index contributed by atoms with van der Waals surface area (Å²) in [5, 5.41) is 3.57. The van der Waals surface area contributed by atoms with Crippen LogP contribution in [0.25, 0.3) is 0 Å². The van der Waals surface area contributed by atoms with Gasteiger partial charge < -0.3 is 10.2 Å². The van der Waals surface area contributed by atoms with E-state index in [1.54, 1.807) is 0 Å². The summed E-state index contributed by atoms with van der Waals surface area (Å²) in [5.74, 6) is 1.05. The maximum Gasteiger partial charge on any atom is 0.128 e. The predicted octanol–water partition coefficient (Wildman–Crippen LogP) is 2.73. The van der Waals surface area contributed by atoms with E-state index in [-0.39, 0.29) is 0 Å². The number of rotatable bonds is 3. The number of halogens is 1. The Morgan fingerprint density at radius 2 is 2.29 bits per heavy atom. The number of aromatic nitrogens is 1. The molecule has 3 nitrogen and oxygen atoms in total. The number of anilines is 1. The van der Waals surface area contributed by atoms with Gasteiger partial charge in [0.2, 0.25) is 0 Å². The molecule has 1 aromatic rings. The third kappa shape index (κ3) is 3.42. The van der Waals surface area contributed by atoms with Crippen molar-refractivity contribution in [1.29, 1.82) is 0 Å². The van der Waals surface area contributed by atoms with Gasteiger partial charge in [0, 0.05) is 24.1 Å². The number of nitrogens with one attached hydrogen (secondary N) is 1. The smallest absolute Gasteiger partial charge is 0.128 e. The van der Waals surface area contributed by atoms with Gasteiger partial charge in [0.05, 0.1) is 5.69 Å². The molecule has 0 saturated carbocycles. The Balaban J connectivity index is 1.98. The van der Waals surface area contributed by atoms with Gasteiger partial charge in [-0.3, -0.25) is 0 Å². The molecule has 2 heterocycles. The van der Waals surface area contributed by atoms with E-state index >= 15 is 0 Å². The molecule has 0 aliphatic carbocycles. The standard InChI is InChI=1S/C13H20BrN3/c1-10-12(14)6-7-13(16-10)17(2)9-11-5-3-4-8-15-11/h6-7,11,15H,3-5,8-9H2,1-2H3. The molecule has 17 heavy (non-hydrogen) atoms. The second kappa shape index (κ2) is 5.83. The third-order valence-corrected chi connectivity index (χ3v) is 4.14. The number of hydrogen-bond donors (Lipinski definition) is 1. The second-order valence-corrected chi connectivity index (χ2v) is 5.62. The van der Waals surface area contributed by atoms with Crippen molar-refractivity contribution in [1.82, 2.24) is 10.3 Å². The molecular formula is C13H20BrN3. The van der Waals surface area contributed by atoms with E-state index in [4.69, 9.17) is 0 Å². The average molecular weight is 298 g/mol. The van der Waals surface area contributed by atoms with Crippen molar-refractivity contribution in [3.05, 3.63) is 22.3 Å². The molecule has 0 bridgehead atoms. The molecule has 1 fully saturated rings. The summed E-state index contributed by atoms with van der Waals surface area (Å²) in [6.07, 6.45) is 3.94. The maximum atomic E-state index is 4.59. The zero-order valence-corrected chi connectivity index (χ0v) is 12.1. The summed E-state index contributed by atoms with van der Waals surface area (Å²) in [7, 11) is 2.12. The van der Waals surface area contributed by atoms with Gasteiger partial charge in [-0.1, -0.05) is 6.42 Å². The van der Waals surface area contributed by atoms with E-state index in [0.29, 0.717) is 6.04 Å². The van der Waals surface area contributed by atoms with Crippen LogP contribution in [-0.2, 0) is 0 Å². The number of nitrogens with zero attached hydrogens (tertiary/aromatic N) is 2. The number of pyridine rings is 1. The topological polar surface area (TPSA) is 28.2 Å². The van der Waals surface area contributed by atoms with Gasteiger partial charge in [0.15, 0.2) is 0 Å². The fraction of sp³-hybridized carbons (Fsp3) is 0.615. The zero-order chi connectivity index (χ0) is 12.3. The van der Waals surface area contributed by atoms with Crippen LogP contribution in [0, 0.1) is 6.92 Å². The maximum absolute atomic E-state index is 4.59. The van der Waals surface area contributed by atoms with Crippen LogP contribution in [0.3, 0.4) is 0 Å². The van der Waals surface area contributed by atoms with Crippen LogP contribution in [0.4, 0.5) is 5.82 Å². The zero-order valence-electron chi connectivity index (χ0n) is 10.5. The van der Waals surface area contributed by atoms with E-state index < -0.39 is 0 Å². The number of piperidine rings is 1. The average Bonchev–Trinajstić information content (AvgIpc) is 2.34. The summed E-state index contributed by atoms with van der Waals surface area (Å²) in [5.41, 5.74) is 1.05. The Labute approximate surface area is 112 Å². The molecule has 0 aromatic carbocycles. The largest absolute Gasteiger partial charge is 0.358 e. The summed E-state index contributed by atoms with van der Waals surface area (Å²) in [6, 6.07) is 4.75. The fourth-order valence-electron chi connectivity index (χ4n) is 2.25. The molecule has 1 saturated heterocycles. The van der Waals surface area contributed by atoms with E-state index in [2.05, 4.69) is 50.3 Å². The third-order valence-electron chi connectivity index (χ3n) is 3.30. The molecule has 0 radical (unpaired) electrons. The molecule has 1 unspecified atom stereocenters. The summed E-state index contributed by atoms with van der Waals surface area (Å²) in [4.78, 5) is 6.83. The normalized spacial score (nSPS) is 20.3. The molecule has 94 valence electrons. The molecule has 1 N–H and O–H groups in total. The first-order valence-electron chi connectivity index (χ1n) is 6.24. The minimum Gasteiger partial charge on any atom is -0.358 e. The Morgan fingerprint density at radius 3 is 2.94 bits per heavy atom. The lowest BCUT2D eigenvalue weighted by Crippen LogP contribution is -2.42. The Kier molecular flexibility index (Phi) is 4.40. The van der Waals surface area contributed by atoms with Crippen LogP contribution in [-0.4, -0.2) is 31.2 Å². The molecular weight excluding hydrogens is 278 g/mol. The Morgan fingerprint density at radius 1 is 1.47 bits per heavy atom. The lowest BCUT2D eigenvalue weighted by molar-refractivity contribution is 0.403. The van der Waals surface area contributed by atoms with Crippen LogP contribution in [0.15, 0.2) is 16.6 Å². The molecule has 2 rings (SSSR count). The first kappa shape index (κ1) is 12.8. The van der Waals surface area contributed by atoms with Crippen molar-refractivity contribution >= 4 is 21.7 Å². The van der Waals surface area contributed by atoms with Gasteiger partial charge in [0.1, 0.15) is 5.82 Å². The number of aryl methyl sites for hydroxylation is 1. The highest BCUT2D eigenvalue weighted by Gasteiger charge is 2.15. The first-order valence-corrected chi connectivity index (χ1v) is 7.04. The van der Waals surface area contributed by atoms with E-state index in [0.717, 1.165) is 29.1 Å². The number of hydrogen-bond acceptors (Lipinski definition) is 3. The van der Waals surface area contributed by atoms with Crippen molar-refractivity contribution in [2.75, 3.05) is 25.0 Å². The number of likely N-dealkylation sites (N-methyl/N-ethyl adjacent to an activating group) is 1. The van der Waals surface area contributed by atoms with Crippen LogP contribution in [0.1, 0.15) is 25.0 Å². The molecule has 1 aromatic heterocycles. The highest BCUT2D eigenvalue weighted by atomic mass is 79.9. The first-order chi connectivity index (χ1) is 8.16. The molecule has 0 amide bonds. The van der Waals surface area contributed by atoms with Crippen LogP contribution < -0.4 is 10.2 Å². The van der Waals surface area contributed by atoms with E-state index in [1.165, 1.54) is 19.3 Å². The SMILES string of the molecule is Cc1nc(N(C)CC2CCCCN2)ccc1Br. The van der Waals surface area contributed by atoms with E-state index in [1.807, 2.05) is 6.92 Å². The van der Waals surface area contributed by atoms with Crippen LogP contribution in [0.2, 0.25) is 0 Å². The monoisotopic (exact) mass is 297 g/mol. The lowest BCUT2D eigenvalue weighted by Gasteiger charge is -2.29. The molecule has 1 aliphatic rings. The van der Waals surface area contributed by atoms with Crippen LogP contribution >= 0.6 is 15.9 Å². The van der Waals surface area contributed by atoms with Gasteiger partial charge in [0.25, 0.3) is 0 Å². The van der Waals surface area contributed by atoms with Crippen molar-refractivity contribution in [3.8, 4) is 0 Å². The molecule has 1 aliphatic heterocycles. The highest BCUT2D eigenvalue weighted by Crippen LogP contribution is 2.19. The summed E-state index contributed by atoms with van der Waals surface area (Å²) < 4.78 is 1.07. The van der Waals surface area contributed by atoms with E-state index in [9.17, 15) is 0 Å². The Bertz CT molecular complexity index is 375. The van der Waals surface area contributed by atoms with Gasteiger partial charge in [-0.2, -0.15) is 0 Å². The highest BCUT2D eigenvalue weighted by molar-refractivity contribution is 9.10. The lowest BCUT2D eigenvalue weighted by atomic mass is 10.0. The van der Waals surface area contributed by atoms with Gasteiger partial charge in [-0.05, 0) is 54.4 Å². The quantitative estimate of drug-likeness (QED) is 0.930.